The van der Waals surface area contributed by atoms with E-state index in [1.807, 2.05) is 12.1 Å². The lowest BCUT2D eigenvalue weighted by atomic mass is 9.61. The van der Waals surface area contributed by atoms with Gasteiger partial charge >= 0.3 is 12.3 Å². The van der Waals surface area contributed by atoms with Crippen molar-refractivity contribution in [1.82, 2.24) is 9.88 Å². The van der Waals surface area contributed by atoms with Crippen molar-refractivity contribution in [3.05, 3.63) is 24.4 Å². The van der Waals surface area contributed by atoms with Crippen molar-refractivity contribution in [3.63, 3.8) is 0 Å². The second kappa shape index (κ2) is 7.30. The number of nitrogens with zero attached hydrogens (tertiary/aromatic N) is 2. The Morgan fingerprint density at radius 1 is 1.35 bits per heavy atom. The molecule has 1 saturated carbocycles. The molecule has 0 aromatic carbocycles. The zero-order chi connectivity index (χ0) is 18.8. The van der Waals surface area contributed by atoms with Crippen LogP contribution in [0.5, 0.6) is 5.88 Å². The molecule has 1 saturated heterocycles. The normalized spacial score (nSPS) is 21.2. The van der Waals surface area contributed by atoms with Crippen LogP contribution in [-0.4, -0.2) is 59.2 Å². The molecule has 2 aliphatic rings. The zero-order valence-electron chi connectivity index (χ0n) is 14.1. The maximum absolute atomic E-state index is 12.6. The van der Waals surface area contributed by atoms with Gasteiger partial charge in [-0.2, -0.15) is 13.2 Å². The van der Waals surface area contributed by atoms with Crippen LogP contribution in [0.25, 0.3) is 0 Å². The van der Waals surface area contributed by atoms with Gasteiger partial charge < -0.3 is 19.5 Å². The Kier molecular flexibility index (Phi) is 5.27. The summed E-state index contributed by atoms with van der Waals surface area (Å²) in [5.74, 6) is 0.579. The highest BCUT2D eigenvalue weighted by molar-refractivity contribution is 5.68. The predicted octanol–water partition coefficient (Wildman–Crippen LogP) is 2.76. The average Bonchev–Trinajstić information content (AvgIpc) is 2.58. The van der Waals surface area contributed by atoms with E-state index in [1.165, 1.54) is 4.90 Å². The van der Waals surface area contributed by atoms with Crippen LogP contribution in [0, 0.1) is 5.41 Å². The molecule has 9 heteroatoms. The van der Waals surface area contributed by atoms with Crippen LogP contribution in [-0.2, 0) is 4.74 Å². The molecule has 0 unspecified atom stereocenters. The van der Waals surface area contributed by atoms with Gasteiger partial charge in [-0.1, -0.05) is 6.07 Å². The molecule has 0 radical (unpaired) electrons. The van der Waals surface area contributed by atoms with Gasteiger partial charge in [0.05, 0.1) is 6.61 Å². The summed E-state index contributed by atoms with van der Waals surface area (Å²) >= 11 is 0. The van der Waals surface area contributed by atoms with Crippen LogP contribution in [0.3, 0.4) is 0 Å². The van der Waals surface area contributed by atoms with E-state index in [1.54, 1.807) is 12.3 Å². The van der Waals surface area contributed by atoms with Crippen molar-refractivity contribution in [2.45, 2.75) is 44.1 Å². The van der Waals surface area contributed by atoms with E-state index in [2.05, 4.69) is 9.72 Å². The first kappa shape index (κ1) is 18.8. The minimum Gasteiger partial charge on any atom is -0.474 e. The number of hydrogen-bond donors (Lipinski definition) is 1. The van der Waals surface area contributed by atoms with Crippen molar-refractivity contribution in [1.29, 1.82) is 0 Å². The quantitative estimate of drug-likeness (QED) is 0.878. The molecule has 1 N–H and O–H groups in total. The third kappa shape index (κ3) is 4.20. The summed E-state index contributed by atoms with van der Waals surface area (Å²) in [6, 6.07) is 5.45. The second-order valence-corrected chi connectivity index (χ2v) is 6.90. The fourth-order valence-electron chi connectivity index (χ4n) is 3.55. The van der Waals surface area contributed by atoms with Crippen LogP contribution in [0.4, 0.5) is 18.0 Å². The van der Waals surface area contributed by atoms with E-state index >= 15 is 0 Å². The molecule has 1 aromatic rings. The molecule has 1 aromatic heterocycles. The summed E-state index contributed by atoms with van der Waals surface area (Å²) in [6.45, 7) is -0.601. The molecule has 1 atom stereocenters. The third-order valence-electron chi connectivity index (χ3n) is 5.10. The Labute approximate surface area is 148 Å². The highest BCUT2D eigenvalue weighted by atomic mass is 19.4. The summed E-state index contributed by atoms with van der Waals surface area (Å²) in [5.41, 5.74) is 0.0661. The Morgan fingerprint density at radius 3 is 2.58 bits per heavy atom. The first-order chi connectivity index (χ1) is 12.3. The van der Waals surface area contributed by atoms with Gasteiger partial charge in [-0.05, 0) is 37.2 Å². The van der Waals surface area contributed by atoms with Gasteiger partial charge in [0.25, 0.3) is 0 Å². The number of piperidine rings is 1. The molecule has 26 heavy (non-hydrogen) atoms. The van der Waals surface area contributed by atoms with Crippen molar-refractivity contribution in [2.75, 3.05) is 19.7 Å². The van der Waals surface area contributed by atoms with E-state index in [4.69, 9.17) is 9.84 Å². The van der Waals surface area contributed by atoms with Gasteiger partial charge in [0.1, 0.15) is 6.10 Å². The van der Waals surface area contributed by atoms with Gasteiger partial charge in [0.15, 0.2) is 0 Å². The van der Waals surface area contributed by atoms with E-state index < -0.39 is 25.0 Å². The Morgan fingerprint density at radius 2 is 2.04 bits per heavy atom. The number of aromatic nitrogens is 1. The first-order valence-corrected chi connectivity index (χ1v) is 8.52. The molecule has 6 nitrogen and oxygen atoms in total. The van der Waals surface area contributed by atoms with Crippen LogP contribution in [0.1, 0.15) is 25.7 Å². The Hall–Kier alpha value is -2.03. The highest BCUT2D eigenvalue weighted by Gasteiger charge is 2.49. The highest BCUT2D eigenvalue weighted by Crippen LogP contribution is 2.50. The monoisotopic (exact) mass is 374 g/mol. The molecule has 2 heterocycles. The first-order valence-electron chi connectivity index (χ1n) is 8.52. The number of aliphatic hydroxyl groups excluding tert-OH is 1. The van der Waals surface area contributed by atoms with E-state index in [0.29, 0.717) is 31.8 Å². The van der Waals surface area contributed by atoms with Crippen LogP contribution < -0.4 is 4.74 Å². The summed E-state index contributed by atoms with van der Waals surface area (Å²) in [5, 5.41) is 8.75. The molecule has 144 valence electrons. The van der Waals surface area contributed by atoms with Gasteiger partial charge in [0.2, 0.25) is 12.0 Å². The number of aliphatic hydroxyl groups is 1. The van der Waals surface area contributed by atoms with E-state index in [0.717, 1.165) is 12.8 Å². The maximum atomic E-state index is 12.6. The standard InChI is InChI=1S/C17H21F3N2O4/c18-17(19,20)13(11-23)26-15(24)22-7-4-16(5-8-22)9-12(10-16)25-14-3-1-2-6-21-14/h1-3,6,12-13,23H,4-5,7-11H2/t13-/m1/s1. The number of carbonyl (C=O) groups excluding carboxylic acids is 1. The Balaban J connectivity index is 1.44. The van der Waals surface area contributed by atoms with E-state index in [-0.39, 0.29) is 11.5 Å². The average molecular weight is 374 g/mol. The van der Waals surface area contributed by atoms with Crippen LogP contribution >= 0.6 is 0 Å². The SMILES string of the molecule is O=C(O[C@H](CO)C(F)(F)F)N1CCC2(CC1)CC(Oc1ccccn1)C2. The number of pyridine rings is 1. The number of ether oxygens (including phenoxy) is 2. The second-order valence-electron chi connectivity index (χ2n) is 6.90. The van der Waals surface area contributed by atoms with Crippen molar-refractivity contribution in [2.24, 2.45) is 5.41 Å². The number of carbonyl (C=O) groups is 1. The zero-order valence-corrected chi connectivity index (χ0v) is 14.1. The molecule has 1 aliphatic heterocycles. The molecule has 0 bridgehead atoms. The van der Waals surface area contributed by atoms with Gasteiger partial charge in [-0.3, -0.25) is 0 Å². The van der Waals surface area contributed by atoms with Gasteiger partial charge in [-0.15, -0.1) is 0 Å². The molecule has 1 spiro atoms. The van der Waals surface area contributed by atoms with E-state index in [9.17, 15) is 18.0 Å². The molecular formula is C17H21F3N2O4. The lowest BCUT2D eigenvalue weighted by Crippen LogP contribution is -2.52. The smallest absolute Gasteiger partial charge is 0.427 e. The fourth-order valence-corrected chi connectivity index (χ4v) is 3.55. The van der Waals surface area contributed by atoms with Crippen molar-refractivity contribution in [3.8, 4) is 5.88 Å². The summed E-state index contributed by atoms with van der Waals surface area (Å²) in [6.07, 6.45) is -3.47. The number of hydrogen-bond acceptors (Lipinski definition) is 5. The summed E-state index contributed by atoms with van der Waals surface area (Å²) < 4.78 is 47.9. The van der Waals surface area contributed by atoms with Crippen LogP contribution in [0.2, 0.25) is 0 Å². The summed E-state index contributed by atoms with van der Waals surface area (Å²) in [4.78, 5) is 17.3. The molecule has 3 rings (SSSR count). The molecule has 1 aliphatic carbocycles. The summed E-state index contributed by atoms with van der Waals surface area (Å²) in [7, 11) is 0. The predicted molar refractivity (Wildman–Crippen MR) is 84.5 cm³/mol. The topological polar surface area (TPSA) is 71.9 Å². The van der Waals surface area contributed by atoms with Crippen LogP contribution in [0.15, 0.2) is 24.4 Å². The lowest BCUT2D eigenvalue weighted by molar-refractivity contribution is -0.215. The number of alkyl halides is 3. The fraction of sp³-hybridized carbons (Fsp3) is 0.647. The molecule has 1 amide bonds. The third-order valence-corrected chi connectivity index (χ3v) is 5.10. The molecular weight excluding hydrogens is 353 g/mol. The number of amides is 1. The maximum Gasteiger partial charge on any atom is 0.427 e. The minimum atomic E-state index is -4.77. The van der Waals surface area contributed by atoms with Gasteiger partial charge in [0, 0.05) is 25.4 Å². The number of halogens is 3. The van der Waals surface area contributed by atoms with Crippen molar-refractivity contribution >= 4 is 6.09 Å². The number of likely N-dealkylation sites (tertiary alicyclic amines) is 1. The minimum absolute atomic E-state index is 0.0661. The Bertz CT molecular complexity index is 610. The van der Waals surface area contributed by atoms with Gasteiger partial charge in [-0.25, -0.2) is 9.78 Å². The lowest BCUT2D eigenvalue weighted by Gasteiger charge is -2.51. The molecule has 2 fully saturated rings. The number of rotatable bonds is 4. The largest absolute Gasteiger partial charge is 0.474 e. The van der Waals surface area contributed by atoms with Crippen molar-refractivity contribution < 1.29 is 32.5 Å².